The zero-order valence-electron chi connectivity index (χ0n) is 12.7. The van der Waals surface area contributed by atoms with Gasteiger partial charge in [0.1, 0.15) is 0 Å². The molecule has 2 aromatic heterocycles. The summed E-state index contributed by atoms with van der Waals surface area (Å²) in [5.41, 5.74) is 2.82. The van der Waals surface area contributed by atoms with E-state index in [1.54, 1.807) is 12.4 Å². The molecule has 1 atom stereocenters. The Morgan fingerprint density at radius 2 is 2.05 bits per heavy atom. The largest absolute Gasteiger partial charge is 0.349 e. The highest BCUT2D eigenvalue weighted by molar-refractivity contribution is 5.34. The van der Waals surface area contributed by atoms with E-state index in [9.17, 15) is 4.79 Å². The van der Waals surface area contributed by atoms with E-state index < -0.39 is 0 Å². The molecule has 0 amide bonds. The molecule has 3 rings (SSSR count). The van der Waals surface area contributed by atoms with Crippen LogP contribution >= 0.6 is 0 Å². The Kier molecular flexibility index (Phi) is 4.48. The van der Waals surface area contributed by atoms with Crippen LogP contribution in [0.2, 0.25) is 0 Å². The van der Waals surface area contributed by atoms with Gasteiger partial charge in [0.2, 0.25) is 5.95 Å². The molecule has 0 aromatic carbocycles. The van der Waals surface area contributed by atoms with Gasteiger partial charge in [-0.15, -0.1) is 0 Å². The zero-order chi connectivity index (χ0) is 15.4. The van der Waals surface area contributed by atoms with Crippen molar-refractivity contribution in [2.75, 3.05) is 18.4 Å². The fraction of sp³-hybridized carbons (Fsp3) is 0.438. The number of nitrogens with zero attached hydrogens (tertiary/aromatic N) is 2. The zero-order valence-corrected chi connectivity index (χ0v) is 12.7. The maximum atomic E-state index is 12.3. The maximum absolute atomic E-state index is 12.3. The number of nitrogens with one attached hydrogen (secondary N) is 3. The van der Waals surface area contributed by atoms with E-state index in [-0.39, 0.29) is 11.6 Å². The molecule has 3 heterocycles. The average Bonchev–Trinajstić information content (AvgIpc) is 2.79. The number of pyridine rings is 1. The van der Waals surface area contributed by atoms with E-state index in [0.29, 0.717) is 5.95 Å². The van der Waals surface area contributed by atoms with Gasteiger partial charge in [-0.25, -0.2) is 4.98 Å². The highest BCUT2D eigenvalue weighted by Gasteiger charge is 2.16. The monoisotopic (exact) mass is 299 g/mol. The molecule has 0 bridgehead atoms. The molecule has 116 valence electrons. The molecule has 0 radical (unpaired) electrons. The Hall–Kier alpha value is -2.21. The van der Waals surface area contributed by atoms with Crippen LogP contribution in [-0.4, -0.2) is 28.0 Å². The fourth-order valence-corrected chi connectivity index (χ4v) is 2.80. The molecule has 0 saturated carbocycles. The first-order chi connectivity index (χ1) is 10.8. The summed E-state index contributed by atoms with van der Waals surface area (Å²) in [7, 11) is 0. The summed E-state index contributed by atoms with van der Waals surface area (Å²) in [4.78, 5) is 23.8. The van der Waals surface area contributed by atoms with Gasteiger partial charge in [-0.2, -0.15) is 0 Å². The standard InChI is InChI=1S/C16H21N5O/c1-2-13(11-3-7-17-8-4-11)19-16-20-14-6-10-18-9-5-12(14)15(22)21-16/h3-4,7-8,13,18H,2,5-6,9-10H2,1H3,(H2,19,20,21,22). The van der Waals surface area contributed by atoms with Crippen LogP contribution in [0.3, 0.4) is 0 Å². The summed E-state index contributed by atoms with van der Waals surface area (Å²) < 4.78 is 0. The van der Waals surface area contributed by atoms with Crippen LogP contribution in [0.1, 0.15) is 36.2 Å². The smallest absolute Gasteiger partial charge is 0.255 e. The van der Waals surface area contributed by atoms with Gasteiger partial charge >= 0.3 is 0 Å². The lowest BCUT2D eigenvalue weighted by molar-refractivity contribution is 0.707. The van der Waals surface area contributed by atoms with Gasteiger partial charge in [0.25, 0.3) is 5.56 Å². The SMILES string of the molecule is CCC(Nc1nc2c(c(=O)[nH]1)CCNCC2)c1ccncc1. The Bertz CT molecular complexity index is 683. The summed E-state index contributed by atoms with van der Waals surface area (Å²) in [5.74, 6) is 0.550. The topological polar surface area (TPSA) is 82.7 Å². The molecule has 1 aliphatic rings. The molecular weight excluding hydrogens is 278 g/mol. The molecule has 0 spiro atoms. The second kappa shape index (κ2) is 6.70. The first-order valence-electron chi connectivity index (χ1n) is 7.77. The van der Waals surface area contributed by atoms with Gasteiger partial charge in [0, 0.05) is 30.9 Å². The van der Waals surface area contributed by atoms with E-state index in [4.69, 9.17) is 0 Å². The van der Waals surface area contributed by atoms with E-state index in [1.807, 2.05) is 12.1 Å². The molecule has 0 aliphatic carbocycles. The number of aromatic nitrogens is 3. The predicted molar refractivity (Wildman–Crippen MR) is 86.0 cm³/mol. The highest BCUT2D eigenvalue weighted by atomic mass is 16.1. The number of hydrogen-bond donors (Lipinski definition) is 3. The maximum Gasteiger partial charge on any atom is 0.255 e. The van der Waals surface area contributed by atoms with Crippen LogP contribution in [0.5, 0.6) is 0 Å². The predicted octanol–water partition coefficient (Wildman–Crippen LogP) is 1.42. The van der Waals surface area contributed by atoms with Crippen molar-refractivity contribution in [1.82, 2.24) is 20.3 Å². The Morgan fingerprint density at radius 1 is 1.27 bits per heavy atom. The lowest BCUT2D eigenvalue weighted by Gasteiger charge is -2.18. The van der Waals surface area contributed by atoms with Gasteiger partial charge in [0.15, 0.2) is 0 Å². The van der Waals surface area contributed by atoms with Crippen molar-refractivity contribution in [2.45, 2.75) is 32.2 Å². The molecule has 0 saturated heterocycles. The Balaban J connectivity index is 1.87. The lowest BCUT2D eigenvalue weighted by Crippen LogP contribution is -2.22. The summed E-state index contributed by atoms with van der Waals surface area (Å²) in [5, 5.41) is 6.64. The molecule has 6 nitrogen and oxygen atoms in total. The average molecular weight is 299 g/mol. The molecule has 22 heavy (non-hydrogen) atoms. The Morgan fingerprint density at radius 3 is 2.82 bits per heavy atom. The van der Waals surface area contributed by atoms with Crippen molar-refractivity contribution in [3.63, 3.8) is 0 Å². The molecule has 0 fully saturated rings. The summed E-state index contributed by atoms with van der Waals surface area (Å²) in [6, 6.07) is 4.06. The van der Waals surface area contributed by atoms with Gasteiger partial charge in [-0.1, -0.05) is 6.92 Å². The molecule has 1 aliphatic heterocycles. The number of H-pyrrole nitrogens is 1. The van der Waals surface area contributed by atoms with Crippen LogP contribution in [0.15, 0.2) is 29.3 Å². The third kappa shape index (κ3) is 3.17. The van der Waals surface area contributed by atoms with E-state index in [2.05, 4.69) is 32.5 Å². The van der Waals surface area contributed by atoms with Crippen molar-refractivity contribution in [1.29, 1.82) is 0 Å². The minimum atomic E-state index is -0.0271. The van der Waals surface area contributed by atoms with Gasteiger partial charge in [0.05, 0.1) is 11.7 Å². The third-order valence-electron chi connectivity index (χ3n) is 4.02. The highest BCUT2D eigenvalue weighted by Crippen LogP contribution is 2.20. The first-order valence-corrected chi connectivity index (χ1v) is 7.77. The molecule has 2 aromatic rings. The van der Waals surface area contributed by atoms with Gasteiger partial charge < -0.3 is 10.6 Å². The van der Waals surface area contributed by atoms with Crippen LogP contribution in [-0.2, 0) is 12.8 Å². The normalized spacial score (nSPS) is 15.7. The van der Waals surface area contributed by atoms with E-state index >= 15 is 0 Å². The minimum absolute atomic E-state index is 0.0271. The summed E-state index contributed by atoms with van der Waals surface area (Å²) in [6.07, 6.45) is 5.98. The van der Waals surface area contributed by atoms with Crippen molar-refractivity contribution < 1.29 is 0 Å². The van der Waals surface area contributed by atoms with Gasteiger partial charge in [-0.3, -0.25) is 14.8 Å². The minimum Gasteiger partial charge on any atom is -0.349 e. The van der Waals surface area contributed by atoms with Crippen molar-refractivity contribution >= 4 is 5.95 Å². The number of hydrogen-bond acceptors (Lipinski definition) is 5. The van der Waals surface area contributed by atoms with E-state index in [1.165, 1.54) is 0 Å². The second-order valence-corrected chi connectivity index (χ2v) is 5.48. The Labute approximate surface area is 129 Å². The lowest BCUT2D eigenvalue weighted by atomic mass is 10.1. The summed E-state index contributed by atoms with van der Waals surface area (Å²) >= 11 is 0. The quantitative estimate of drug-likeness (QED) is 0.795. The molecular formula is C16H21N5O. The third-order valence-corrected chi connectivity index (χ3v) is 4.02. The second-order valence-electron chi connectivity index (χ2n) is 5.48. The molecule has 1 unspecified atom stereocenters. The van der Waals surface area contributed by atoms with Crippen LogP contribution < -0.4 is 16.2 Å². The van der Waals surface area contributed by atoms with Gasteiger partial charge in [-0.05, 0) is 37.1 Å². The van der Waals surface area contributed by atoms with Crippen LogP contribution in [0.4, 0.5) is 5.95 Å². The van der Waals surface area contributed by atoms with E-state index in [0.717, 1.165) is 49.2 Å². The summed E-state index contributed by atoms with van der Waals surface area (Å²) in [6.45, 7) is 3.80. The number of rotatable bonds is 4. The van der Waals surface area contributed by atoms with Crippen LogP contribution in [0.25, 0.3) is 0 Å². The first kappa shape index (κ1) is 14.7. The van der Waals surface area contributed by atoms with Crippen molar-refractivity contribution in [3.8, 4) is 0 Å². The van der Waals surface area contributed by atoms with Crippen molar-refractivity contribution in [3.05, 3.63) is 51.7 Å². The van der Waals surface area contributed by atoms with Crippen molar-refractivity contribution in [2.24, 2.45) is 0 Å². The number of anilines is 1. The fourth-order valence-electron chi connectivity index (χ4n) is 2.80. The van der Waals surface area contributed by atoms with Crippen LogP contribution in [0, 0.1) is 0 Å². The molecule has 3 N–H and O–H groups in total. The number of aromatic amines is 1. The molecule has 6 heteroatoms. The number of fused-ring (bicyclic) bond motifs is 1.